The molecule has 0 N–H and O–H groups in total. The maximum atomic E-state index is 5.42. The summed E-state index contributed by atoms with van der Waals surface area (Å²) in [6, 6.07) is 16.8. The molecule has 4 rings (SSSR count). The number of methoxy groups -OCH3 is 2. The van der Waals surface area contributed by atoms with E-state index in [1.54, 1.807) is 20.8 Å². The molecule has 27 heavy (non-hydrogen) atoms. The summed E-state index contributed by atoms with van der Waals surface area (Å²) in [5.74, 6) is 1.84. The fourth-order valence-electron chi connectivity index (χ4n) is 3.55. The molecule has 2 aromatic rings. The van der Waals surface area contributed by atoms with Gasteiger partial charge in [-0.15, -0.1) is 0 Å². The van der Waals surface area contributed by atoms with Crippen molar-refractivity contribution < 1.29 is 32.7 Å². The van der Waals surface area contributed by atoms with Gasteiger partial charge in [-0.1, -0.05) is 0 Å². The molecule has 134 valence electrons. The Morgan fingerprint density at radius 3 is 1.63 bits per heavy atom. The Hall–Kier alpha value is -2.12. The van der Waals surface area contributed by atoms with Crippen molar-refractivity contribution in [3.63, 3.8) is 0 Å². The summed E-state index contributed by atoms with van der Waals surface area (Å²) >= 11 is -0.839. The molecular weight excluding hydrogens is 411 g/mol. The second kappa shape index (κ2) is 8.27. The maximum absolute atomic E-state index is 5.42. The Kier molecular flexibility index (Phi) is 5.59. The second-order valence-electron chi connectivity index (χ2n) is 6.59. The molecule has 0 aromatic heterocycles. The van der Waals surface area contributed by atoms with Crippen molar-refractivity contribution in [2.24, 2.45) is 0 Å². The van der Waals surface area contributed by atoms with Gasteiger partial charge in [0.2, 0.25) is 0 Å². The first-order valence-corrected chi connectivity index (χ1v) is 11.6. The zero-order valence-corrected chi connectivity index (χ0v) is 18.1. The molecule has 3 heteroatoms. The molecule has 2 nitrogen and oxygen atoms in total. The summed E-state index contributed by atoms with van der Waals surface area (Å²) in [6.45, 7) is 0. The van der Waals surface area contributed by atoms with E-state index in [1.807, 2.05) is 12.1 Å². The van der Waals surface area contributed by atoms with E-state index in [1.165, 1.54) is 22.3 Å². The molecule has 0 atom stereocenters. The van der Waals surface area contributed by atoms with Gasteiger partial charge in [-0.3, -0.25) is 0 Å². The SMILES string of the molecule is COc1cccc(C2=[C]([Zr][C]3=C(c4cccc(OC)c4)C=CC3)CC=C2)c1. The molecule has 0 saturated carbocycles. The molecule has 0 radical (unpaired) electrons. The van der Waals surface area contributed by atoms with Gasteiger partial charge in [0.25, 0.3) is 0 Å². The number of hydrogen-bond acceptors (Lipinski definition) is 2. The summed E-state index contributed by atoms with van der Waals surface area (Å²) in [7, 11) is 3.45. The Balaban J connectivity index is 1.67. The van der Waals surface area contributed by atoms with E-state index in [9.17, 15) is 0 Å². The molecule has 2 aliphatic rings. The van der Waals surface area contributed by atoms with E-state index in [4.69, 9.17) is 9.47 Å². The zero-order valence-electron chi connectivity index (χ0n) is 15.7. The predicted molar refractivity (Wildman–Crippen MR) is 107 cm³/mol. The number of rotatable bonds is 6. The average Bonchev–Trinajstić information content (AvgIpc) is 3.38. The van der Waals surface area contributed by atoms with Gasteiger partial charge >= 0.3 is 173 Å². The van der Waals surface area contributed by atoms with E-state index in [-0.39, 0.29) is 0 Å². The molecule has 0 aliphatic heterocycles. The van der Waals surface area contributed by atoms with E-state index in [0.717, 1.165) is 24.3 Å². The van der Waals surface area contributed by atoms with Gasteiger partial charge in [0.05, 0.1) is 0 Å². The standard InChI is InChI=1S/2C12H11O.Zr/c2*1-13-12-8-4-7-11(9-12)10-5-2-3-6-10;/h2*2,4-5,7-9H,3H2,1H3;. The van der Waals surface area contributed by atoms with Crippen LogP contribution in [0.3, 0.4) is 0 Å². The molecule has 0 fully saturated rings. The van der Waals surface area contributed by atoms with Crippen molar-refractivity contribution in [3.05, 3.63) is 90.5 Å². The number of hydrogen-bond donors (Lipinski definition) is 0. The van der Waals surface area contributed by atoms with Crippen molar-refractivity contribution in [2.75, 3.05) is 14.2 Å². The molecule has 2 aliphatic carbocycles. The van der Waals surface area contributed by atoms with Crippen LogP contribution in [0.25, 0.3) is 11.1 Å². The number of ether oxygens (including phenoxy) is 2. The summed E-state index contributed by atoms with van der Waals surface area (Å²) in [5.41, 5.74) is 5.36. The van der Waals surface area contributed by atoms with Gasteiger partial charge < -0.3 is 0 Å². The molecule has 0 unspecified atom stereocenters. The van der Waals surface area contributed by atoms with Crippen molar-refractivity contribution in [1.29, 1.82) is 0 Å². The third-order valence-electron chi connectivity index (χ3n) is 4.93. The first-order valence-electron chi connectivity index (χ1n) is 9.14. The summed E-state index contributed by atoms with van der Waals surface area (Å²) in [6.07, 6.45) is 11.4. The summed E-state index contributed by atoms with van der Waals surface area (Å²) in [4.78, 5) is 0. The van der Waals surface area contributed by atoms with Crippen LogP contribution in [0.1, 0.15) is 24.0 Å². The van der Waals surface area contributed by atoms with E-state index < -0.39 is 23.2 Å². The van der Waals surface area contributed by atoms with Crippen LogP contribution < -0.4 is 9.47 Å². The van der Waals surface area contributed by atoms with E-state index in [0.29, 0.717) is 0 Å². The van der Waals surface area contributed by atoms with Crippen molar-refractivity contribution in [3.8, 4) is 11.5 Å². The fraction of sp³-hybridized carbons (Fsp3) is 0.167. The second-order valence-corrected chi connectivity index (χ2v) is 10.2. The minimum absolute atomic E-state index is 0.839. The summed E-state index contributed by atoms with van der Waals surface area (Å²) < 4.78 is 14.1. The predicted octanol–water partition coefficient (Wildman–Crippen LogP) is 5.83. The Bertz CT molecular complexity index is 900. The van der Waals surface area contributed by atoms with E-state index >= 15 is 0 Å². The molecule has 0 spiro atoms. The van der Waals surface area contributed by atoms with Gasteiger partial charge in [-0.25, -0.2) is 0 Å². The van der Waals surface area contributed by atoms with Crippen LogP contribution >= 0.6 is 0 Å². The molecular formula is C24H22O2Zr. The Labute approximate surface area is 172 Å². The van der Waals surface area contributed by atoms with Crippen LogP contribution in [0.2, 0.25) is 0 Å². The topological polar surface area (TPSA) is 18.5 Å². The van der Waals surface area contributed by atoms with Crippen LogP contribution in [0, 0.1) is 0 Å². The van der Waals surface area contributed by atoms with Crippen LogP contribution in [0.4, 0.5) is 0 Å². The zero-order chi connectivity index (χ0) is 18.6. The third kappa shape index (κ3) is 3.94. The van der Waals surface area contributed by atoms with Crippen LogP contribution in [0.5, 0.6) is 11.5 Å². The minimum atomic E-state index is -0.839. The molecule has 0 saturated heterocycles. The third-order valence-corrected chi connectivity index (χ3v) is 8.74. The molecule has 0 amide bonds. The van der Waals surface area contributed by atoms with Crippen LogP contribution in [0.15, 0.2) is 79.4 Å². The quantitative estimate of drug-likeness (QED) is 0.571. The van der Waals surface area contributed by atoms with Crippen molar-refractivity contribution in [1.82, 2.24) is 0 Å². The normalized spacial score (nSPS) is 15.6. The van der Waals surface area contributed by atoms with Crippen molar-refractivity contribution >= 4 is 11.1 Å². The molecule has 0 heterocycles. The monoisotopic (exact) mass is 432 g/mol. The molecule has 0 bridgehead atoms. The number of benzene rings is 2. The van der Waals surface area contributed by atoms with E-state index in [2.05, 4.69) is 60.7 Å². The molecule has 2 aromatic carbocycles. The average molecular weight is 434 g/mol. The Morgan fingerprint density at radius 1 is 0.704 bits per heavy atom. The van der Waals surface area contributed by atoms with Gasteiger partial charge in [0.1, 0.15) is 0 Å². The van der Waals surface area contributed by atoms with Gasteiger partial charge in [0, 0.05) is 0 Å². The first kappa shape index (κ1) is 18.3. The fourth-order valence-corrected chi connectivity index (χ4v) is 7.31. The van der Waals surface area contributed by atoms with Crippen molar-refractivity contribution in [2.45, 2.75) is 12.8 Å². The van der Waals surface area contributed by atoms with Crippen LogP contribution in [-0.2, 0) is 23.2 Å². The van der Waals surface area contributed by atoms with Crippen LogP contribution in [-0.4, -0.2) is 14.2 Å². The number of allylic oxidation sites excluding steroid dienone is 8. The van der Waals surface area contributed by atoms with Gasteiger partial charge in [0.15, 0.2) is 0 Å². The van der Waals surface area contributed by atoms with Gasteiger partial charge in [-0.2, -0.15) is 0 Å². The Morgan fingerprint density at radius 2 is 1.19 bits per heavy atom. The first-order chi connectivity index (χ1) is 13.3. The summed E-state index contributed by atoms with van der Waals surface area (Å²) in [5, 5.41) is 0. The van der Waals surface area contributed by atoms with Gasteiger partial charge in [-0.05, 0) is 0 Å².